The monoisotopic (exact) mass is 300 g/mol. The molecule has 1 rings (SSSR count). The second kappa shape index (κ2) is 7.82. The highest BCUT2D eigenvalue weighted by atomic mass is 19.1. The van der Waals surface area contributed by atoms with Crippen LogP contribution < -0.4 is 5.32 Å². The molecule has 1 unspecified atom stereocenters. The lowest BCUT2D eigenvalue weighted by molar-refractivity contribution is 0.0436. The molecule has 0 aliphatic carbocycles. The normalized spacial score (nSPS) is 13.7. The molecule has 0 saturated carbocycles. The van der Waals surface area contributed by atoms with E-state index in [-0.39, 0.29) is 6.04 Å². The maximum absolute atomic E-state index is 13.3. The number of benzene rings is 1. The topological polar surface area (TPSA) is 35.5 Å². The van der Waals surface area contributed by atoms with Crippen LogP contribution in [0.3, 0.4) is 0 Å². The van der Waals surface area contributed by atoms with E-state index in [0.29, 0.717) is 18.5 Å². The molecule has 0 amide bonds. The van der Waals surface area contributed by atoms with Crippen molar-refractivity contribution in [1.82, 2.24) is 10.2 Å². The first kappa shape index (κ1) is 18.0. The summed E-state index contributed by atoms with van der Waals surface area (Å²) in [6, 6.07) is 3.51. The van der Waals surface area contributed by atoms with Gasteiger partial charge in [-0.3, -0.25) is 0 Å². The molecule has 0 heterocycles. The minimum absolute atomic E-state index is 0.107. The van der Waals surface area contributed by atoms with E-state index in [1.54, 1.807) is 13.8 Å². The molecule has 3 nitrogen and oxygen atoms in total. The SMILES string of the molecule is CCNC(CCN(C)CC(C)(C)O)c1cc(F)cc(F)c1. The number of nitrogens with zero attached hydrogens (tertiary/aromatic N) is 1. The number of rotatable bonds is 8. The van der Waals surface area contributed by atoms with Crippen molar-refractivity contribution in [3.8, 4) is 0 Å². The van der Waals surface area contributed by atoms with Gasteiger partial charge >= 0.3 is 0 Å². The van der Waals surface area contributed by atoms with E-state index >= 15 is 0 Å². The van der Waals surface area contributed by atoms with Crippen molar-refractivity contribution in [1.29, 1.82) is 0 Å². The Bertz CT molecular complexity index is 426. The summed E-state index contributed by atoms with van der Waals surface area (Å²) in [6.07, 6.45) is 0.712. The Balaban J connectivity index is 2.69. The Labute approximate surface area is 126 Å². The minimum Gasteiger partial charge on any atom is -0.389 e. The largest absolute Gasteiger partial charge is 0.389 e. The van der Waals surface area contributed by atoms with E-state index in [0.717, 1.165) is 19.2 Å². The number of halogens is 2. The van der Waals surface area contributed by atoms with E-state index < -0.39 is 17.2 Å². The van der Waals surface area contributed by atoms with Crippen LogP contribution in [-0.4, -0.2) is 42.3 Å². The molecule has 1 aromatic rings. The van der Waals surface area contributed by atoms with Crippen molar-refractivity contribution >= 4 is 0 Å². The first-order valence-electron chi connectivity index (χ1n) is 7.31. The zero-order valence-electron chi connectivity index (χ0n) is 13.3. The first-order valence-corrected chi connectivity index (χ1v) is 7.31. The van der Waals surface area contributed by atoms with Crippen molar-refractivity contribution in [2.45, 2.75) is 38.8 Å². The molecule has 1 aromatic carbocycles. The lowest BCUT2D eigenvalue weighted by Crippen LogP contribution is -2.37. The maximum atomic E-state index is 13.3. The van der Waals surface area contributed by atoms with Crippen molar-refractivity contribution in [3.63, 3.8) is 0 Å². The highest BCUT2D eigenvalue weighted by Crippen LogP contribution is 2.20. The summed E-state index contributed by atoms with van der Waals surface area (Å²) >= 11 is 0. The van der Waals surface area contributed by atoms with Gasteiger partial charge in [0.15, 0.2) is 0 Å². The Morgan fingerprint density at radius 2 is 1.81 bits per heavy atom. The fourth-order valence-electron chi connectivity index (χ4n) is 2.50. The van der Waals surface area contributed by atoms with Crippen molar-refractivity contribution in [3.05, 3.63) is 35.4 Å². The lowest BCUT2D eigenvalue weighted by Gasteiger charge is -2.27. The molecule has 0 saturated heterocycles. The van der Waals surface area contributed by atoms with Gasteiger partial charge in [0, 0.05) is 18.7 Å². The predicted octanol–water partition coefficient (Wildman–Crippen LogP) is 2.71. The minimum atomic E-state index is -0.757. The summed E-state index contributed by atoms with van der Waals surface area (Å²) in [5.74, 6) is -1.12. The molecule has 21 heavy (non-hydrogen) atoms. The third-order valence-corrected chi connectivity index (χ3v) is 3.19. The quantitative estimate of drug-likeness (QED) is 0.775. The fraction of sp³-hybridized carbons (Fsp3) is 0.625. The van der Waals surface area contributed by atoms with E-state index in [1.807, 2.05) is 18.9 Å². The van der Waals surface area contributed by atoms with Gasteiger partial charge in [-0.15, -0.1) is 0 Å². The van der Waals surface area contributed by atoms with Gasteiger partial charge < -0.3 is 15.3 Å². The molecule has 5 heteroatoms. The average Bonchev–Trinajstić information content (AvgIpc) is 2.30. The van der Waals surface area contributed by atoms with Gasteiger partial charge in [-0.05, 0) is 58.1 Å². The number of nitrogens with one attached hydrogen (secondary N) is 1. The Morgan fingerprint density at radius 1 is 1.24 bits per heavy atom. The predicted molar refractivity (Wildman–Crippen MR) is 81.2 cm³/mol. The lowest BCUT2D eigenvalue weighted by atomic mass is 10.0. The van der Waals surface area contributed by atoms with Crippen LogP contribution in [-0.2, 0) is 0 Å². The van der Waals surface area contributed by atoms with Crippen LogP contribution in [0.4, 0.5) is 8.78 Å². The number of aliphatic hydroxyl groups is 1. The number of hydrogen-bond acceptors (Lipinski definition) is 3. The van der Waals surface area contributed by atoms with E-state index in [2.05, 4.69) is 5.32 Å². The summed E-state index contributed by atoms with van der Waals surface area (Å²) in [6.45, 7) is 7.46. The summed E-state index contributed by atoms with van der Waals surface area (Å²) in [5.41, 5.74) is -0.140. The van der Waals surface area contributed by atoms with Crippen LogP contribution in [0.2, 0.25) is 0 Å². The third kappa shape index (κ3) is 6.98. The second-order valence-corrected chi connectivity index (χ2v) is 6.15. The average molecular weight is 300 g/mol. The molecule has 120 valence electrons. The van der Waals surface area contributed by atoms with Gasteiger partial charge in [-0.2, -0.15) is 0 Å². The van der Waals surface area contributed by atoms with Gasteiger partial charge in [0.05, 0.1) is 5.60 Å². The van der Waals surface area contributed by atoms with Crippen LogP contribution in [0.25, 0.3) is 0 Å². The third-order valence-electron chi connectivity index (χ3n) is 3.19. The molecule has 0 aromatic heterocycles. The summed E-state index contributed by atoms with van der Waals surface area (Å²) in [4.78, 5) is 2.01. The highest BCUT2D eigenvalue weighted by molar-refractivity contribution is 5.21. The first-order chi connectivity index (χ1) is 9.71. The number of hydrogen-bond donors (Lipinski definition) is 2. The molecule has 0 bridgehead atoms. The summed E-state index contributed by atoms with van der Waals surface area (Å²) < 4.78 is 26.7. The highest BCUT2D eigenvalue weighted by Gasteiger charge is 2.18. The molecule has 0 aliphatic heterocycles. The smallest absolute Gasteiger partial charge is 0.126 e. The van der Waals surface area contributed by atoms with Crippen LogP contribution in [0.15, 0.2) is 18.2 Å². The fourth-order valence-corrected chi connectivity index (χ4v) is 2.50. The molecule has 1 atom stereocenters. The zero-order valence-corrected chi connectivity index (χ0v) is 13.3. The number of likely N-dealkylation sites (N-methyl/N-ethyl adjacent to an activating group) is 1. The van der Waals surface area contributed by atoms with E-state index in [4.69, 9.17) is 0 Å². The Hall–Kier alpha value is -1.04. The van der Waals surface area contributed by atoms with Crippen LogP contribution in [0.5, 0.6) is 0 Å². The molecule has 2 N–H and O–H groups in total. The van der Waals surface area contributed by atoms with Crippen molar-refractivity contribution < 1.29 is 13.9 Å². The molecule has 0 aliphatic rings. The van der Waals surface area contributed by atoms with Crippen LogP contribution in [0, 0.1) is 11.6 Å². The molecular formula is C16H26F2N2O. The molecular weight excluding hydrogens is 274 g/mol. The van der Waals surface area contributed by atoms with Gasteiger partial charge in [0.25, 0.3) is 0 Å². The standard InChI is InChI=1S/C16H26F2N2O/c1-5-19-15(6-7-20(4)11-16(2,3)21)12-8-13(17)10-14(18)9-12/h8-10,15,19,21H,5-7,11H2,1-4H3. The van der Waals surface area contributed by atoms with Gasteiger partial charge in [-0.1, -0.05) is 6.92 Å². The molecule has 0 radical (unpaired) electrons. The van der Waals surface area contributed by atoms with Gasteiger partial charge in [0.2, 0.25) is 0 Å². The van der Waals surface area contributed by atoms with Crippen molar-refractivity contribution in [2.75, 3.05) is 26.7 Å². The van der Waals surface area contributed by atoms with Crippen LogP contribution >= 0.6 is 0 Å². The zero-order chi connectivity index (χ0) is 16.0. The van der Waals surface area contributed by atoms with Gasteiger partial charge in [-0.25, -0.2) is 8.78 Å². The summed E-state index contributed by atoms with van der Waals surface area (Å²) in [7, 11) is 1.92. The Kier molecular flexibility index (Phi) is 6.71. The van der Waals surface area contributed by atoms with E-state index in [9.17, 15) is 13.9 Å². The second-order valence-electron chi connectivity index (χ2n) is 6.15. The molecule has 0 spiro atoms. The summed E-state index contributed by atoms with van der Waals surface area (Å²) in [5, 5.41) is 13.0. The van der Waals surface area contributed by atoms with Crippen LogP contribution in [0.1, 0.15) is 38.8 Å². The maximum Gasteiger partial charge on any atom is 0.126 e. The Morgan fingerprint density at radius 3 is 2.29 bits per heavy atom. The van der Waals surface area contributed by atoms with E-state index in [1.165, 1.54) is 12.1 Å². The van der Waals surface area contributed by atoms with Gasteiger partial charge in [0.1, 0.15) is 11.6 Å². The van der Waals surface area contributed by atoms with Crippen molar-refractivity contribution in [2.24, 2.45) is 0 Å². The molecule has 0 fully saturated rings.